The standard InChI is InChI=1S/C51H36N4O2/c1-3-13-31(14-4-1)49-52-50(32-15-5-2-6-16-32)54-51(53-49)33-25-27-37-39-20-11-21-40(48(39)57-46(37)29-33)38-19-12-24-45-47(38)41-30-34(26-28-44(41)56-45)55-42-22-9-7-17-35(42)36-18-8-10-23-43(36)55/h1,3-5,7-30,50-51,54H,2,6H2,(H,52,53). The first-order valence-electron chi connectivity index (χ1n) is 19.7. The van der Waals surface area contributed by atoms with Gasteiger partial charge >= 0.3 is 0 Å². The van der Waals surface area contributed by atoms with Crippen LogP contribution in [0.1, 0.15) is 30.1 Å². The topological polar surface area (TPSA) is 67.6 Å². The van der Waals surface area contributed by atoms with E-state index in [1.165, 1.54) is 27.4 Å². The molecule has 0 saturated carbocycles. The maximum absolute atomic E-state index is 6.90. The molecule has 6 nitrogen and oxygen atoms in total. The molecule has 0 spiro atoms. The lowest BCUT2D eigenvalue weighted by Gasteiger charge is -2.33. The maximum Gasteiger partial charge on any atom is 0.143 e. The third-order valence-corrected chi connectivity index (χ3v) is 11.7. The molecule has 0 bridgehead atoms. The second-order valence-corrected chi connectivity index (χ2v) is 15.0. The summed E-state index contributed by atoms with van der Waals surface area (Å²) in [5.74, 6) is 0.873. The van der Waals surface area contributed by atoms with E-state index in [0.717, 1.165) is 90.5 Å². The van der Waals surface area contributed by atoms with Gasteiger partial charge in [0.25, 0.3) is 0 Å². The molecule has 1 aliphatic carbocycles. The van der Waals surface area contributed by atoms with E-state index in [2.05, 4.69) is 179 Å². The fraction of sp³-hybridized carbons (Fsp3) is 0.0784. The summed E-state index contributed by atoms with van der Waals surface area (Å²) in [4.78, 5) is 5.12. The highest BCUT2D eigenvalue weighted by Crippen LogP contribution is 2.43. The van der Waals surface area contributed by atoms with Crippen LogP contribution in [-0.2, 0) is 0 Å². The molecule has 2 atom stereocenters. The molecule has 0 radical (unpaired) electrons. The number of hydrogen-bond acceptors (Lipinski definition) is 5. The lowest BCUT2D eigenvalue weighted by Crippen LogP contribution is -2.49. The minimum absolute atomic E-state index is 0.165. The van der Waals surface area contributed by atoms with Crippen molar-refractivity contribution >= 4 is 71.5 Å². The van der Waals surface area contributed by atoms with Crippen molar-refractivity contribution in [3.8, 4) is 16.8 Å². The molecule has 7 aromatic carbocycles. The van der Waals surface area contributed by atoms with E-state index in [1.54, 1.807) is 0 Å². The number of benzene rings is 7. The first kappa shape index (κ1) is 32.1. The van der Waals surface area contributed by atoms with Gasteiger partial charge in [-0.1, -0.05) is 127 Å². The highest BCUT2D eigenvalue weighted by Gasteiger charge is 2.27. The van der Waals surface area contributed by atoms with E-state index in [9.17, 15) is 0 Å². The van der Waals surface area contributed by atoms with Crippen LogP contribution in [0.4, 0.5) is 0 Å². The number of para-hydroxylation sites is 3. The van der Waals surface area contributed by atoms with Crippen molar-refractivity contribution < 1.29 is 8.83 Å². The zero-order valence-electron chi connectivity index (χ0n) is 30.9. The Morgan fingerprint density at radius 3 is 2.18 bits per heavy atom. The SMILES string of the molecule is C1=CC(C2N=C(c3ccccc3)NC(c3ccc4c(c3)oc3c(-c5cccc6oc7ccc(-n8c9ccccc9c9ccccc98)cc7c56)cccc34)N2)=CCC1. The van der Waals surface area contributed by atoms with Crippen LogP contribution in [0.15, 0.2) is 189 Å². The molecule has 0 amide bonds. The van der Waals surface area contributed by atoms with E-state index < -0.39 is 0 Å². The predicted molar refractivity (Wildman–Crippen MR) is 233 cm³/mol. The van der Waals surface area contributed by atoms with Gasteiger partial charge in [-0.2, -0.15) is 0 Å². The number of nitrogens with one attached hydrogen (secondary N) is 2. The molecular weight excluding hydrogens is 701 g/mol. The van der Waals surface area contributed by atoms with E-state index in [4.69, 9.17) is 13.8 Å². The van der Waals surface area contributed by atoms with E-state index in [-0.39, 0.29) is 12.3 Å². The van der Waals surface area contributed by atoms with Crippen molar-refractivity contribution in [2.45, 2.75) is 25.2 Å². The second-order valence-electron chi connectivity index (χ2n) is 15.0. The normalized spacial score (nSPS) is 17.2. The van der Waals surface area contributed by atoms with Crippen LogP contribution in [0.2, 0.25) is 0 Å². The smallest absolute Gasteiger partial charge is 0.143 e. The number of hydrogen-bond donors (Lipinski definition) is 2. The van der Waals surface area contributed by atoms with Gasteiger partial charge in [0.2, 0.25) is 0 Å². The fourth-order valence-corrected chi connectivity index (χ4v) is 9.07. The second kappa shape index (κ2) is 12.7. The molecule has 6 heteroatoms. The molecule has 2 N–H and O–H groups in total. The predicted octanol–water partition coefficient (Wildman–Crippen LogP) is 12.5. The highest BCUT2D eigenvalue weighted by molar-refractivity contribution is 6.18. The molecular formula is C51H36N4O2. The summed E-state index contributed by atoms with van der Waals surface area (Å²) < 4.78 is 15.8. The number of amidine groups is 1. The highest BCUT2D eigenvalue weighted by atomic mass is 16.3. The Balaban J connectivity index is 0.982. The molecule has 3 aromatic heterocycles. The number of allylic oxidation sites excluding steroid dienone is 2. The van der Waals surface area contributed by atoms with Gasteiger partial charge in [0.15, 0.2) is 0 Å². The molecule has 1 aliphatic heterocycles. The van der Waals surface area contributed by atoms with E-state index in [1.807, 2.05) is 6.07 Å². The van der Waals surface area contributed by atoms with Gasteiger partial charge in [-0.3, -0.25) is 5.32 Å². The summed E-state index contributed by atoms with van der Waals surface area (Å²) >= 11 is 0. The fourth-order valence-electron chi connectivity index (χ4n) is 9.07. The summed E-state index contributed by atoms with van der Waals surface area (Å²) in [6.07, 6.45) is 8.48. The Labute approximate surface area is 328 Å². The van der Waals surface area contributed by atoms with Gasteiger partial charge < -0.3 is 18.7 Å². The average Bonchev–Trinajstić information content (AvgIpc) is 3.96. The first-order chi connectivity index (χ1) is 28.2. The zero-order valence-corrected chi connectivity index (χ0v) is 30.9. The van der Waals surface area contributed by atoms with E-state index >= 15 is 0 Å². The zero-order chi connectivity index (χ0) is 37.5. The number of fused-ring (bicyclic) bond motifs is 9. The van der Waals surface area contributed by atoms with E-state index in [0.29, 0.717) is 0 Å². The first-order valence-corrected chi connectivity index (χ1v) is 19.7. The monoisotopic (exact) mass is 736 g/mol. The van der Waals surface area contributed by atoms with Crippen LogP contribution in [0.5, 0.6) is 0 Å². The molecule has 57 heavy (non-hydrogen) atoms. The molecule has 272 valence electrons. The largest absolute Gasteiger partial charge is 0.456 e. The minimum atomic E-state index is -0.175. The van der Waals surface area contributed by atoms with Crippen molar-refractivity contribution in [2.75, 3.05) is 0 Å². The van der Waals surface area contributed by atoms with Crippen molar-refractivity contribution in [1.29, 1.82) is 0 Å². The Kier molecular flexibility index (Phi) is 7.16. The van der Waals surface area contributed by atoms with Gasteiger partial charge in [0, 0.05) is 49.1 Å². The van der Waals surface area contributed by atoms with Gasteiger partial charge in [0.05, 0.1) is 11.0 Å². The third-order valence-electron chi connectivity index (χ3n) is 11.7. The summed E-state index contributed by atoms with van der Waals surface area (Å²) in [5, 5.41) is 14.2. The van der Waals surface area contributed by atoms with Gasteiger partial charge in [-0.05, 0) is 72.0 Å². The summed E-state index contributed by atoms with van der Waals surface area (Å²) in [6, 6.07) is 53.5. The van der Waals surface area contributed by atoms with Gasteiger partial charge in [-0.25, -0.2) is 4.99 Å². The maximum atomic E-state index is 6.90. The molecule has 2 aliphatic rings. The third kappa shape index (κ3) is 5.11. The van der Waals surface area contributed by atoms with Crippen molar-refractivity contribution in [1.82, 2.24) is 15.2 Å². The molecule has 4 heterocycles. The Hall–Kier alpha value is -7.15. The van der Waals surface area contributed by atoms with Crippen LogP contribution in [0.3, 0.4) is 0 Å². The average molecular weight is 737 g/mol. The molecule has 2 unspecified atom stereocenters. The van der Waals surface area contributed by atoms with Crippen molar-refractivity contribution in [3.05, 3.63) is 187 Å². The lowest BCUT2D eigenvalue weighted by molar-refractivity contribution is 0.434. The number of furan rings is 2. The van der Waals surface area contributed by atoms with Crippen LogP contribution in [0.25, 0.3) is 82.5 Å². The van der Waals surface area contributed by atoms with Crippen LogP contribution in [0, 0.1) is 0 Å². The Morgan fingerprint density at radius 2 is 1.35 bits per heavy atom. The van der Waals surface area contributed by atoms with Crippen molar-refractivity contribution in [2.24, 2.45) is 4.99 Å². The summed E-state index contributed by atoms with van der Waals surface area (Å²) in [5.41, 5.74) is 12.3. The molecule has 12 rings (SSSR count). The summed E-state index contributed by atoms with van der Waals surface area (Å²) in [6.45, 7) is 0. The molecule has 0 fully saturated rings. The summed E-state index contributed by atoms with van der Waals surface area (Å²) in [7, 11) is 0. The number of aromatic nitrogens is 1. The number of rotatable bonds is 5. The van der Waals surface area contributed by atoms with Crippen LogP contribution in [-0.4, -0.2) is 16.6 Å². The minimum Gasteiger partial charge on any atom is -0.456 e. The number of nitrogens with zero attached hydrogens (tertiary/aromatic N) is 2. The van der Waals surface area contributed by atoms with Gasteiger partial charge in [0.1, 0.15) is 40.5 Å². The van der Waals surface area contributed by atoms with Gasteiger partial charge in [-0.15, -0.1) is 0 Å². The quantitative estimate of drug-likeness (QED) is 0.185. The Morgan fingerprint density at radius 1 is 0.579 bits per heavy atom. The van der Waals surface area contributed by atoms with Crippen molar-refractivity contribution in [3.63, 3.8) is 0 Å². The lowest BCUT2D eigenvalue weighted by atomic mass is 9.97. The molecule has 10 aromatic rings. The molecule has 0 saturated heterocycles. The number of aliphatic imine (C=N–C) groups is 1. The Bertz CT molecular complexity index is 3270. The van der Waals surface area contributed by atoms with Crippen LogP contribution < -0.4 is 10.6 Å². The van der Waals surface area contributed by atoms with Crippen LogP contribution >= 0.6 is 0 Å².